The van der Waals surface area contributed by atoms with Gasteiger partial charge in [0.1, 0.15) is 0 Å². The molecule has 0 spiro atoms. The Morgan fingerprint density at radius 2 is 2.05 bits per heavy atom. The third-order valence-electron chi connectivity index (χ3n) is 3.45. The van der Waals surface area contributed by atoms with E-state index in [2.05, 4.69) is 20.7 Å². The molecule has 0 bridgehead atoms. The molecule has 1 aliphatic heterocycles. The lowest BCUT2D eigenvalue weighted by Crippen LogP contribution is -2.46. The summed E-state index contributed by atoms with van der Waals surface area (Å²) in [5.41, 5.74) is 0.910. The highest BCUT2D eigenvalue weighted by atomic mass is 79.9. The normalized spacial score (nSPS) is 21.0. The molecule has 1 unspecified atom stereocenters. The molecule has 2 N–H and O–H groups in total. The Hall–Kier alpha value is -0.470. The van der Waals surface area contributed by atoms with Crippen LogP contribution in [0.15, 0.2) is 28.7 Å². The number of aliphatic hydroxyl groups is 1. The third-order valence-corrected chi connectivity index (χ3v) is 5.50. The number of nitrogens with one attached hydrogen (secondary N) is 1. The fraction of sp³-hybridized carbons (Fsp3) is 0.538. The van der Waals surface area contributed by atoms with Gasteiger partial charge in [-0.3, -0.25) is 0 Å². The van der Waals surface area contributed by atoms with E-state index in [1.165, 1.54) is 4.31 Å². The molecule has 0 aromatic heterocycles. The molecule has 0 aliphatic carbocycles. The summed E-state index contributed by atoms with van der Waals surface area (Å²) < 4.78 is 29.4. The van der Waals surface area contributed by atoms with Gasteiger partial charge in [0.15, 0.2) is 0 Å². The minimum atomic E-state index is -3.47. The van der Waals surface area contributed by atoms with E-state index in [9.17, 15) is 8.42 Å². The van der Waals surface area contributed by atoms with E-state index in [1.54, 1.807) is 0 Å². The highest BCUT2D eigenvalue weighted by Gasteiger charge is 2.28. The maximum atomic E-state index is 12.2. The maximum absolute atomic E-state index is 12.2. The number of benzene rings is 1. The molecule has 2 rings (SSSR count). The number of nitrogens with zero attached hydrogens (tertiary/aromatic N) is 1. The summed E-state index contributed by atoms with van der Waals surface area (Å²) in [6.45, 7) is 1.23. The summed E-state index contributed by atoms with van der Waals surface area (Å²) in [4.78, 5) is 0. The first kappa shape index (κ1) is 15.9. The van der Waals surface area contributed by atoms with Gasteiger partial charge in [-0.2, -0.15) is 17.4 Å². The molecular formula is C13H19BrN2O3S. The standard InChI is InChI=1S/C13H19BrN2O3S/c14-13-5-3-11(4-6-13)8-15-20(18,19)16-7-1-2-12(9-16)10-17/h3-6,12,15,17H,1-2,7-10H2. The van der Waals surface area contributed by atoms with Gasteiger partial charge in [0.05, 0.1) is 0 Å². The zero-order valence-corrected chi connectivity index (χ0v) is 13.5. The Labute approximate surface area is 128 Å². The van der Waals surface area contributed by atoms with E-state index < -0.39 is 10.2 Å². The van der Waals surface area contributed by atoms with Gasteiger partial charge in [-0.15, -0.1) is 0 Å². The second-order valence-electron chi connectivity index (χ2n) is 5.00. The van der Waals surface area contributed by atoms with E-state index in [0.29, 0.717) is 13.1 Å². The second-order valence-corrected chi connectivity index (χ2v) is 7.67. The van der Waals surface area contributed by atoms with E-state index >= 15 is 0 Å². The molecule has 1 aromatic rings. The van der Waals surface area contributed by atoms with Crippen LogP contribution in [0, 0.1) is 5.92 Å². The highest BCUT2D eigenvalue weighted by Crippen LogP contribution is 2.18. The minimum absolute atomic E-state index is 0.0404. The van der Waals surface area contributed by atoms with Crippen LogP contribution in [0.3, 0.4) is 0 Å². The van der Waals surface area contributed by atoms with Crippen LogP contribution in [-0.4, -0.2) is 37.5 Å². The van der Waals surface area contributed by atoms with Crippen LogP contribution in [0.2, 0.25) is 0 Å². The van der Waals surface area contributed by atoms with Gasteiger partial charge in [0.25, 0.3) is 10.2 Å². The highest BCUT2D eigenvalue weighted by molar-refractivity contribution is 9.10. The van der Waals surface area contributed by atoms with E-state index in [4.69, 9.17) is 5.11 Å². The number of hydrogen-bond acceptors (Lipinski definition) is 3. The van der Waals surface area contributed by atoms with Crippen molar-refractivity contribution in [2.75, 3.05) is 19.7 Å². The molecular weight excluding hydrogens is 344 g/mol. The van der Waals surface area contributed by atoms with Gasteiger partial charge < -0.3 is 5.11 Å². The largest absolute Gasteiger partial charge is 0.396 e. The van der Waals surface area contributed by atoms with Gasteiger partial charge >= 0.3 is 0 Å². The summed E-state index contributed by atoms with van der Waals surface area (Å²) >= 11 is 3.34. The van der Waals surface area contributed by atoms with Crippen LogP contribution in [0.25, 0.3) is 0 Å². The van der Waals surface area contributed by atoms with Gasteiger partial charge in [-0.1, -0.05) is 28.1 Å². The Kier molecular flexibility index (Phi) is 5.57. The van der Waals surface area contributed by atoms with E-state index in [-0.39, 0.29) is 19.1 Å². The van der Waals surface area contributed by atoms with Crippen molar-refractivity contribution < 1.29 is 13.5 Å². The van der Waals surface area contributed by atoms with Crippen molar-refractivity contribution in [3.8, 4) is 0 Å². The van der Waals surface area contributed by atoms with Crippen LogP contribution < -0.4 is 4.72 Å². The molecule has 1 aromatic carbocycles. The van der Waals surface area contributed by atoms with E-state index in [0.717, 1.165) is 22.9 Å². The van der Waals surface area contributed by atoms with Crippen molar-refractivity contribution >= 4 is 26.1 Å². The van der Waals surface area contributed by atoms with Gasteiger partial charge in [0, 0.05) is 30.7 Å². The quantitative estimate of drug-likeness (QED) is 0.833. The van der Waals surface area contributed by atoms with Gasteiger partial charge in [-0.25, -0.2) is 0 Å². The lowest BCUT2D eigenvalue weighted by atomic mass is 10.0. The van der Waals surface area contributed by atoms with Crippen molar-refractivity contribution in [2.45, 2.75) is 19.4 Å². The molecule has 0 amide bonds. The lowest BCUT2D eigenvalue weighted by molar-refractivity contribution is 0.164. The van der Waals surface area contributed by atoms with Crippen LogP contribution >= 0.6 is 15.9 Å². The molecule has 20 heavy (non-hydrogen) atoms. The molecule has 5 nitrogen and oxygen atoms in total. The van der Waals surface area contributed by atoms with Crippen LogP contribution in [0.1, 0.15) is 18.4 Å². The van der Waals surface area contributed by atoms with Gasteiger partial charge in [-0.05, 0) is 36.5 Å². The molecule has 1 heterocycles. The van der Waals surface area contributed by atoms with Crippen LogP contribution in [0.5, 0.6) is 0 Å². The fourth-order valence-electron chi connectivity index (χ4n) is 2.26. The molecule has 1 atom stereocenters. The zero-order valence-electron chi connectivity index (χ0n) is 11.1. The Balaban J connectivity index is 1.95. The van der Waals surface area contributed by atoms with E-state index in [1.807, 2.05) is 24.3 Å². The maximum Gasteiger partial charge on any atom is 0.279 e. The number of halogens is 1. The molecule has 1 fully saturated rings. The summed E-state index contributed by atoms with van der Waals surface area (Å²) in [6, 6.07) is 7.51. The van der Waals surface area contributed by atoms with Crippen molar-refractivity contribution in [1.29, 1.82) is 0 Å². The number of rotatable bonds is 5. The molecule has 1 aliphatic rings. The van der Waals surface area contributed by atoms with Crippen LogP contribution in [0.4, 0.5) is 0 Å². The number of aliphatic hydroxyl groups excluding tert-OH is 1. The first-order valence-corrected chi connectivity index (χ1v) is 8.84. The fourth-order valence-corrected chi connectivity index (χ4v) is 3.83. The molecule has 1 saturated heterocycles. The Morgan fingerprint density at radius 3 is 2.70 bits per heavy atom. The molecule has 112 valence electrons. The van der Waals surface area contributed by atoms with Crippen molar-refractivity contribution in [1.82, 2.24) is 9.03 Å². The minimum Gasteiger partial charge on any atom is -0.396 e. The van der Waals surface area contributed by atoms with Crippen LogP contribution in [-0.2, 0) is 16.8 Å². The van der Waals surface area contributed by atoms with Crippen molar-refractivity contribution in [3.05, 3.63) is 34.3 Å². The average molecular weight is 363 g/mol. The predicted octanol–water partition coefficient (Wildman–Crippen LogP) is 1.49. The monoisotopic (exact) mass is 362 g/mol. The first-order chi connectivity index (χ1) is 9.51. The predicted molar refractivity (Wildman–Crippen MR) is 81.3 cm³/mol. The summed E-state index contributed by atoms with van der Waals surface area (Å²) in [5.74, 6) is 0.0491. The van der Waals surface area contributed by atoms with Gasteiger partial charge in [0.2, 0.25) is 0 Å². The van der Waals surface area contributed by atoms with Crippen molar-refractivity contribution in [2.24, 2.45) is 5.92 Å². The first-order valence-electron chi connectivity index (χ1n) is 6.61. The topological polar surface area (TPSA) is 69.6 Å². The Morgan fingerprint density at radius 1 is 1.35 bits per heavy atom. The summed E-state index contributed by atoms with van der Waals surface area (Å²) in [7, 11) is -3.47. The summed E-state index contributed by atoms with van der Waals surface area (Å²) in [6.07, 6.45) is 1.68. The smallest absolute Gasteiger partial charge is 0.279 e. The SMILES string of the molecule is O=S(=O)(NCc1ccc(Br)cc1)N1CCCC(CO)C1. The second kappa shape index (κ2) is 7.00. The Bertz CT molecular complexity index is 533. The zero-order chi connectivity index (χ0) is 14.6. The number of hydrogen-bond donors (Lipinski definition) is 2. The third kappa shape index (κ3) is 4.26. The van der Waals surface area contributed by atoms with Crippen molar-refractivity contribution in [3.63, 3.8) is 0 Å². The lowest BCUT2D eigenvalue weighted by Gasteiger charge is -2.30. The number of piperidine rings is 1. The average Bonchev–Trinajstić information content (AvgIpc) is 2.47. The summed E-state index contributed by atoms with van der Waals surface area (Å²) in [5, 5.41) is 9.16. The molecule has 0 saturated carbocycles. The molecule has 7 heteroatoms. The molecule has 0 radical (unpaired) electrons.